The number of aromatic nitrogens is 1. The number of anilines is 1. The molecule has 33 heavy (non-hydrogen) atoms. The molecular formula is C22H26F3N5O2S. The van der Waals surface area contributed by atoms with Crippen LogP contribution in [0.3, 0.4) is 0 Å². The molecule has 178 valence electrons. The van der Waals surface area contributed by atoms with E-state index >= 15 is 0 Å². The Morgan fingerprint density at radius 2 is 2.03 bits per heavy atom. The highest BCUT2D eigenvalue weighted by Gasteiger charge is 2.38. The average molecular weight is 482 g/mol. The summed E-state index contributed by atoms with van der Waals surface area (Å²) in [4.78, 5) is 16.7. The quantitative estimate of drug-likeness (QED) is 0.435. The van der Waals surface area contributed by atoms with Gasteiger partial charge in [0.05, 0.1) is 17.0 Å². The van der Waals surface area contributed by atoms with Crippen molar-refractivity contribution >= 4 is 28.4 Å². The first-order valence-corrected chi connectivity index (χ1v) is 10.9. The SMILES string of the molecule is CC1=C(C(=O)NCC#CCC(C)C)SC(=N)/C1=C(\N)Nc1cccnc1OC(C)C(F)(F)F. The van der Waals surface area contributed by atoms with Crippen LogP contribution in [0.25, 0.3) is 0 Å². The average Bonchev–Trinajstić information content (AvgIpc) is 3.02. The van der Waals surface area contributed by atoms with Crippen molar-refractivity contribution in [1.82, 2.24) is 10.3 Å². The van der Waals surface area contributed by atoms with Gasteiger partial charge in [0.2, 0.25) is 5.88 Å². The van der Waals surface area contributed by atoms with Crippen LogP contribution in [0.5, 0.6) is 5.88 Å². The van der Waals surface area contributed by atoms with Gasteiger partial charge in [-0.25, -0.2) is 4.98 Å². The van der Waals surface area contributed by atoms with Gasteiger partial charge < -0.3 is 21.1 Å². The number of nitrogens with one attached hydrogen (secondary N) is 3. The van der Waals surface area contributed by atoms with E-state index in [0.717, 1.165) is 25.1 Å². The molecular weight excluding hydrogens is 455 g/mol. The number of alkyl halides is 3. The maximum Gasteiger partial charge on any atom is 0.425 e. The van der Waals surface area contributed by atoms with Gasteiger partial charge in [-0.3, -0.25) is 10.2 Å². The summed E-state index contributed by atoms with van der Waals surface area (Å²) in [5, 5.41) is 13.7. The molecule has 0 aliphatic carbocycles. The van der Waals surface area contributed by atoms with Gasteiger partial charge in [0.25, 0.3) is 5.91 Å². The molecule has 0 radical (unpaired) electrons. The summed E-state index contributed by atoms with van der Waals surface area (Å²) in [5.74, 6) is 5.61. The Hall–Kier alpha value is -3.13. The molecule has 0 bridgehead atoms. The van der Waals surface area contributed by atoms with Crippen molar-refractivity contribution in [1.29, 1.82) is 5.41 Å². The fourth-order valence-electron chi connectivity index (χ4n) is 2.62. The number of rotatable bonds is 7. The molecule has 1 atom stereocenters. The van der Waals surface area contributed by atoms with Crippen LogP contribution < -0.4 is 21.1 Å². The normalized spacial score (nSPS) is 16.3. The first-order valence-electron chi connectivity index (χ1n) is 10.1. The van der Waals surface area contributed by atoms with E-state index in [9.17, 15) is 18.0 Å². The molecule has 11 heteroatoms. The number of halogens is 3. The Balaban J connectivity index is 2.20. The van der Waals surface area contributed by atoms with Crippen molar-refractivity contribution in [3.05, 3.63) is 40.2 Å². The zero-order valence-corrected chi connectivity index (χ0v) is 19.5. The highest BCUT2D eigenvalue weighted by molar-refractivity contribution is 8.18. The van der Waals surface area contributed by atoms with E-state index in [1.54, 1.807) is 6.92 Å². The summed E-state index contributed by atoms with van der Waals surface area (Å²) in [6, 6.07) is 2.95. The van der Waals surface area contributed by atoms with E-state index < -0.39 is 12.3 Å². The maximum absolute atomic E-state index is 12.9. The van der Waals surface area contributed by atoms with Crippen molar-refractivity contribution in [2.24, 2.45) is 11.7 Å². The molecule has 1 aromatic heterocycles. The topological polar surface area (TPSA) is 113 Å². The lowest BCUT2D eigenvalue weighted by molar-refractivity contribution is -0.189. The van der Waals surface area contributed by atoms with E-state index in [1.807, 2.05) is 13.8 Å². The van der Waals surface area contributed by atoms with Crippen molar-refractivity contribution in [2.45, 2.75) is 46.4 Å². The number of hydrogen-bond donors (Lipinski definition) is 4. The second-order valence-electron chi connectivity index (χ2n) is 7.59. The monoisotopic (exact) mass is 481 g/mol. The molecule has 2 heterocycles. The Morgan fingerprint density at radius 1 is 1.33 bits per heavy atom. The highest BCUT2D eigenvalue weighted by atomic mass is 32.2. The largest absolute Gasteiger partial charge is 0.464 e. The molecule has 1 aliphatic heterocycles. The lowest BCUT2D eigenvalue weighted by Crippen LogP contribution is -2.31. The summed E-state index contributed by atoms with van der Waals surface area (Å²) in [7, 11) is 0. The second-order valence-corrected chi connectivity index (χ2v) is 8.61. The van der Waals surface area contributed by atoms with Gasteiger partial charge in [0, 0.05) is 12.6 Å². The lowest BCUT2D eigenvalue weighted by atomic mass is 10.1. The number of amides is 1. The van der Waals surface area contributed by atoms with Crippen LogP contribution in [-0.2, 0) is 4.79 Å². The first kappa shape index (κ1) is 26.1. The third-order valence-corrected chi connectivity index (χ3v) is 5.49. The van der Waals surface area contributed by atoms with E-state index in [1.165, 1.54) is 18.3 Å². The van der Waals surface area contributed by atoms with Crippen LogP contribution in [0.2, 0.25) is 0 Å². The molecule has 1 unspecified atom stereocenters. The number of allylic oxidation sites excluding steroid dienone is 1. The molecule has 0 saturated heterocycles. The molecule has 0 saturated carbocycles. The number of hydrogen-bond acceptors (Lipinski definition) is 7. The predicted molar refractivity (Wildman–Crippen MR) is 123 cm³/mol. The number of ether oxygens (including phenoxy) is 1. The number of carbonyl (C=O) groups excluding carboxylic acids is 1. The summed E-state index contributed by atoms with van der Waals surface area (Å²) < 4.78 is 43.6. The zero-order chi connectivity index (χ0) is 24.8. The maximum atomic E-state index is 12.9. The molecule has 0 fully saturated rings. The molecule has 1 amide bonds. The Kier molecular flexibility index (Phi) is 8.82. The summed E-state index contributed by atoms with van der Waals surface area (Å²) in [6.45, 7) is 6.79. The predicted octanol–water partition coefficient (Wildman–Crippen LogP) is 4.16. The van der Waals surface area contributed by atoms with Crippen LogP contribution in [0.1, 0.15) is 34.1 Å². The molecule has 1 aliphatic rings. The van der Waals surface area contributed by atoms with Gasteiger partial charge in [-0.15, -0.1) is 5.92 Å². The van der Waals surface area contributed by atoms with Gasteiger partial charge in [0.15, 0.2) is 6.10 Å². The van der Waals surface area contributed by atoms with Crippen molar-refractivity contribution in [3.63, 3.8) is 0 Å². The standard InChI is InChI=1S/C22H26F3N5O2S/c1-12(2)8-5-6-10-28-20(31)17-13(3)16(19(27)33-17)18(26)30-15-9-7-11-29-21(15)32-14(4)22(23,24)25/h7,9,11-12,14,27,30H,8,10,26H2,1-4H3,(H,28,31)/b18-16+,27-19?. The van der Waals surface area contributed by atoms with Crippen LogP contribution in [0.4, 0.5) is 18.9 Å². The minimum Gasteiger partial charge on any atom is -0.464 e. The van der Waals surface area contributed by atoms with Gasteiger partial charge in [-0.2, -0.15) is 13.2 Å². The Bertz CT molecular complexity index is 1040. The fourth-order valence-corrected chi connectivity index (χ4v) is 3.61. The van der Waals surface area contributed by atoms with Gasteiger partial charge in [0.1, 0.15) is 16.6 Å². The summed E-state index contributed by atoms with van der Waals surface area (Å²) >= 11 is 0.945. The second kappa shape index (κ2) is 11.1. The van der Waals surface area contributed by atoms with Crippen molar-refractivity contribution in [2.75, 3.05) is 11.9 Å². The number of nitrogens with two attached hydrogens (primary N) is 1. The van der Waals surface area contributed by atoms with E-state index in [-0.39, 0.29) is 40.5 Å². The third kappa shape index (κ3) is 7.18. The Labute approximate surface area is 194 Å². The highest BCUT2D eigenvalue weighted by Crippen LogP contribution is 2.38. The number of nitrogens with zero attached hydrogens (tertiary/aromatic N) is 1. The summed E-state index contributed by atoms with van der Waals surface area (Å²) in [6.07, 6.45) is -4.63. The molecule has 1 aromatic rings. The van der Waals surface area contributed by atoms with E-state index in [4.69, 9.17) is 15.9 Å². The number of pyridine rings is 1. The van der Waals surface area contributed by atoms with Crippen LogP contribution in [0.15, 0.2) is 40.2 Å². The van der Waals surface area contributed by atoms with Crippen molar-refractivity contribution in [3.8, 4) is 17.7 Å². The van der Waals surface area contributed by atoms with Crippen molar-refractivity contribution < 1.29 is 22.7 Å². The summed E-state index contributed by atoms with van der Waals surface area (Å²) in [5.41, 5.74) is 6.97. The molecule has 5 N–H and O–H groups in total. The fraction of sp³-hybridized carbons (Fsp3) is 0.409. The smallest absolute Gasteiger partial charge is 0.425 e. The van der Waals surface area contributed by atoms with Gasteiger partial charge in [-0.05, 0) is 37.5 Å². The molecule has 0 aromatic carbocycles. The Morgan fingerprint density at radius 3 is 2.67 bits per heavy atom. The van der Waals surface area contributed by atoms with Crippen LogP contribution >= 0.6 is 11.8 Å². The molecule has 7 nitrogen and oxygen atoms in total. The molecule has 2 rings (SSSR count). The molecule has 0 spiro atoms. The van der Waals surface area contributed by atoms with E-state index in [2.05, 4.69) is 27.5 Å². The van der Waals surface area contributed by atoms with Crippen LogP contribution in [-0.4, -0.2) is 34.8 Å². The third-order valence-electron chi connectivity index (χ3n) is 4.38. The zero-order valence-electron chi connectivity index (χ0n) is 18.7. The number of carbonyl (C=O) groups is 1. The van der Waals surface area contributed by atoms with Crippen LogP contribution in [0, 0.1) is 23.2 Å². The number of thioether (sulfide) groups is 1. The van der Waals surface area contributed by atoms with Gasteiger partial charge >= 0.3 is 6.18 Å². The first-order chi connectivity index (χ1) is 15.4. The minimum atomic E-state index is -4.57. The van der Waals surface area contributed by atoms with E-state index in [0.29, 0.717) is 16.4 Å². The lowest BCUT2D eigenvalue weighted by Gasteiger charge is -2.19. The van der Waals surface area contributed by atoms with Gasteiger partial charge in [-0.1, -0.05) is 31.5 Å². The minimum absolute atomic E-state index is 0.0120.